The molecule has 2 aromatic rings. The van der Waals surface area contributed by atoms with Gasteiger partial charge in [0.05, 0.1) is 0 Å². The first-order valence-electron chi connectivity index (χ1n) is 4.85. The van der Waals surface area contributed by atoms with Gasteiger partial charge in [0.15, 0.2) is 11.5 Å². The second kappa shape index (κ2) is 4.41. The molecule has 0 spiro atoms. The topological polar surface area (TPSA) is 40.5 Å². The molecule has 0 heterocycles. The van der Waals surface area contributed by atoms with Gasteiger partial charge in [-0.3, -0.25) is 0 Å². The SMILES string of the molecule is Oc1ccc(C#Cc2ccccc2)cc1O. The summed E-state index contributed by atoms with van der Waals surface area (Å²) < 4.78 is 0. The first-order chi connectivity index (χ1) is 7.75. The summed E-state index contributed by atoms with van der Waals surface area (Å²) in [5.41, 5.74) is 1.58. The van der Waals surface area contributed by atoms with Crippen LogP contribution in [0, 0.1) is 11.8 Å². The normalized spacial score (nSPS) is 9.25. The van der Waals surface area contributed by atoms with Crippen LogP contribution in [0.1, 0.15) is 11.1 Å². The van der Waals surface area contributed by atoms with E-state index in [4.69, 9.17) is 5.11 Å². The van der Waals surface area contributed by atoms with Gasteiger partial charge in [0.2, 0.25) is 0 Å². The number of hydrogen-bond donors (Lipinski definition) is 2. The Balaban J connectivity index is 2.28. The third-order valence-corrected chi connectivity index (χ3v) is 2.10. The molecule has 0 aliphatic rings. The Hall–Kier alpha value is -2.40. The summed E-state index contributed by atoms with van der Waals surface area (Å²) in [6.07, 6.45) is 0. The van der Waals surface area contributed by atoms with Crippen LogP contribution in [0.15, 0.2) is 48.5 Å². The standard InChI is InChI=1S/C14H10O2/c15-13-9-8-12(10-14(13)16)7-6-11-4-2-1-3-5-11/h1-5,8-10,15-16H. The lowest BCUT2D eigenvalue weighted by Crippen LogP contribution is -1.76. The number of hydrogen-bond acceptors (Lipinski definition) is 2. The van der Waals surface area contributed by atoms with Crippen LogP contribution in [0.5, 0.6) is 11.5 Å². The van der Waals surface area contributed by atoms with Gasteiger partial charge in [-0.2, -0.15) is 0 Å². The summed E-state index contributed by atoms with van der Waals surface area (Å²) >= 11 is 0. The van der Waals surface area contributed by atoms with Crippen LogP contribution >= 0.6 is 0 Å². The molecule has 0 atom stereocenters. The lowest BCUT2D eigenvalue weighted by molar-refractivity contribution is 0.403. The van der Waals surface area contributed by atoms with E-state index in [0.29, 0.717) is 5.56 Å². The Kier molecular flexibility index (Phi) is 2.79. The Morgan fingerprint density at radius 3 is 2.06 bits per heavy atom. The van der Waals surface area contributed by atoms with Gasteiger partial charge >= 0.3 is 0 Å². The van der Waals surface area contributed by atoms with Crippen LogP contribution in [-0.2, 0) is 0 Å². The minimum Gasteiger partial charge on any atom is -0.504 e. The largest absolute Gasteiger partial charge is 0.504 e. The molecule has 0 amide bonds. The van der Waals surface area contributed by atoms with Crippen LogP contribution in [0.3, 0.4) is 0 Å². The minimum atomic E-state index is -0.153. The van der Waals surface area contributed by atoms with Crippen molar-refractivity contribution in [3.63, 3.8) is 0 Å². The van der Waals surface area contributed by atoms with Crippen LogP contribution < -0.4 is 0 Å². The summed E-state index contributed by atoms with van der Waals surface area (Å²) in [7, 11) is 0. The van der Waals surface area contributed by atoms with Crippen molar-refractivity contribution in [1.29, 1.82) is 0 Å². The summed E-state index contributed by atoms with van der Waals surface area (Å²) in [5, 5.41) is 18.4. The first-order valence-corrected chi connectivity index (χ1v) is 4.85. The van der Waals surface area contributed by atoms with E-state index in [0.717, 1.165) is 5.56 Å². The molecule has 0 unspecified atom stereocenters. The molecule has 0 radical (unpaired) electrons. The third kappa shape index (κ3) is 2.34. The highest BCUT2D eigenvalue weighted by Crippen LogP contribution is 2.24. The highest BCUT2D eigenvalue weighted by molar-refractivity contribution is 5.49. The number of aromatic hydroxyl groups is 2. The number of phenolic OH excluding ortho intramolecular Hbond substituents is 2. The summed E-state index contributed by atoms with van der Waals surface area (Å²) in [6, 6.07) is 14.1. The van der Waals surface area contributed by atoms with Crippen molar-refractivity contribution in [3.05, 3.63) is 59.7 Å². The van der Waals surface area contributed by atoms with Gasteiger partial charge in [-0.15, -0.1) is 0 Å². The van der Waals surface area contributed by atoms with Gasteiger partial charge in [0.25, 0.3) is 0 Å². The van der Waals surface area contributed by atoms with Gasteiger partial charge in [0.1, 0.15) is 0 Å². The Morgan fingerprint density at radius 2 is 1.38 bits per heavy atom. The van der Waals surface area contributed by atoms with E-state index in [2.05, 4.69) is 11.8 Å². The molecular weight excluding hydrogens is 200 g/mol. The Bertz CT molecular complexity index is 548. The predicted octanol–water partition coefficient (Wildman–Crippen LogP) is 2.50. The van der Waals surface area contributed by atoms with Crippen LogP contribution in [0.2, 0.25) is 0 Å². The number of phenols is 2. The van der Waals surface area contributed by atoms with Crippen molar-refractivity contribution in [2.24, 2.45) is 0 Å². The molecule has 78 valence electrons. The van der Waals surface area contributed by atoms with Gasteiger partial charge in [-0.1, -0.05) is 30.0 Å². The minimum absolute atomic E-state index is 0.134. The zero-order chi connectivity index (χ0) is 11.4. The van der Waals surface area contributed by atoms with E-state index in [1.54, 1.807) is 6.07 Å². The lowest BCUT2D eigenvalue weighted by atomic mass is 10.1. The van der Waals surface area contributed by atoms with Crippen LogP contribution in [-0.4, -0.2) is 10.2 Å². The zero-order valence-electron chi connectivity index (χ0n) is 8.51. The first kappa shape index (κ1) is 10.1. The predicted molar refractivity (Wildman–Crippen MR) is 62.2 cm³/mol. The second-order valence-corrected chi connectivity index (χ2v) is 3.32. The van der Waals surface area contributed by atoms with E-state index < -0.39 is 0 Å². The molecule has 0 saturated heterocycles. The van der Waals surface area contributed by atoms with Crippen LogP contribution in [0.25, 0.3) is 0 Å². The number of benzene rings is 2. The Morgan fingerprint density at radius 1 is 0.688 bits per heavy atom. The van der Waals surface area contributed by atoms with Gasteiger partial charge < -0.3 is 10.2 Å². The molecule has 0 aliphatic carbocycles. The second-order valence-electron chi connectivity index (χ2n) is 3.32. The van der Waals surface area contributed by atoms with Crippen molar-refractivity contribution in [2.45, 2.75) is 0 Å². The van der Waals surface area contributed by atoms with Crippen molar-refractivity contribution >= 4 is 0 Å². The highest BCUT2D eigenvalue weighted by Gasteiger charge is 1.97. The summed E-state index contributed by atoms with van der Waals surface area (Å²) in [6.45, 7) is 0. The number of rotatable bonds is 0. The monoisotopic (exact) mass is 210 g/mol. The van der Waals surface area contributed by atoms with Crippen molar-refractivity contribution in [1.82, 2.24) is 0 Å². The van der Waals surface area contributed by atoms with E-state index in [9.17, 15) is 5.11 Å². The van der Waals surface area contributed by atoms with Crippen molar-refractivity contribution < 1.29 is 10.2 Å². The average Bonchev–Trinajstić information content (AvgIpc) is 2.32. The van der Waals surface area contributed by atoms with Crippen LogP contribution in [0.4, 0.5) is 0 Å². The van der Waals surface area contributed by atoms with E-state index >= 15 is 0 Å². The smallest absolute Gasteiger partial charge is 0.158 e. The molecule has 2 nitrogen and oxygen atoms in total. The fourth-order valence-electron chi connectivity index (χ4n) is 1.27. The van der Waals surface area contributed by atoms with E-state index in [1.807, 2.05) is 30.3 Å². The molecule has 0 saturated carbocycles. The van der Waals surface area contributed by atoms with Crippen molar-refractivity contribution in [2.75, 3.05) is 0 Å². The quantitative estimate of drug-likeness (QED) is 0.518. The zero-order valence-corrected chi connectivity index (χ0v) is 8.51. The molecule has 2 heteroatoms. The van der Waals surface area contributed by atoms with Gasteiger partial charge in [-0.25, -0.2) is 0 Å². The van der Waals surface area contributed by atoms with E-state index in [-0.39, 0.29) is 11.5 Å². The molecule has 0 aromatic heterocycles. The lowest BCUT2D eigenvalue weighted by Gasteiger charge is -1.96. The maximum atomic E-state index is 9.28. The highest BCUT2D eigenvalue weighted by atomic mass is 16.3. The van der Waals surface area contributed by atoms with E-state index in [1.165, 1.54) is 12.1 Å². The average molecular weight is 210 g/mol. The molecule has 0 aliphatic heterocycles. The molecule has 2 N–H and O–H groups in total. The molecule has 2 rings (SSSR count). The summed E-state index contributed by atoms with van der Waals surface area (Å²) in [5.74, 6) is 5.59. The maximum absolute atomic E-state index is 9.28. The van der Waals surface area contributed by atoms with Gasteiger partial charge in [-0.05, 0) is 30.3 Å². The molecule has 2 aromatic carbocycles. The fraction of sp³-hybridized carbons (Fsp3) is 0. The molecule has 16 heavy (non-hydrogen) atoms. The molecule has 0 bridgehead atoms. The molecular formula is C14H10O2. The maximum Gasteiger partial charge on any atom is 0.158 e. The van der Waals surface area contributed by atoms with Gasteiger partial charge in [0, 0.05) is 11.1 Å². The fourth-order valence-corrected chi connectivity index (χ4v) is 1.27. The summed E-state index contributed by atoms with van der Waals surface area (Å²) in [4.78, 5) is 0. The van der Waals surface area contributed by atoms with Crippen molar-refractivity contribution in [3.8, 4) is 23.3 Å². The third-order valence-electron chi connectivity index (χ3n) is 2.10. The Labute approximate surface area is 93.8 Å². The molecule has 0 fully saturated rings.